The zero-order valence-electron chi connectivity index (χ0n) is 16.1. The van der Waals surface area contributed by atoms with Crippen LogP contribution in [0.3, 0.4) is 0 Å². The van der Waals surface area contributed by atoms with Gasteiger partial charge in [0.2, 0.25) is 5.91 Å². The molecular formula is C22H20FN5O2. The molecule has 1 atom stereocenters. The van der Waals surface area contributed by atoms with Gasteiger partial charge in [0.05, 0.1) is 18.1 Å². The van der Waals surface area contributed by atoms with E-state index in [-0.39, 0.29) is 30.1 Å². The first-order chi connectivity index (χ1) is 14.6. The topological polar surface area (TPSA) is 90.4 Å². The van der Waals surface area contributed by atoms with Crippen LogP contribution in [-0.4, -0.2) is 46.2 Å². The molecule has 3 aromatic rings. The predicted octanol–water partition coefficient (Wildman–Crippen LogP) is 2.68. The number of halogens is 1. The highest BCUT2D eigenvalue weighted by Crippen LogP contribution is 2.27. The van der Waals surface area contributed by atoms with Gasteiger partial charge in [-0.05, 0) is 29.8 Å². The largest absolute Gasteiger partial charge is 0.333 e. The van der Waals surface area contributed by atoms with Crippen molar-refractivity contribution in [1.82, 2.24) is 20.5 Å². The monoisotopic (exact) mass is 405 g/mol. The first kappa shape index (κ1) is 19.5. The molecule has 1 saturated heterocycles. The maximum atomic E-state index is 13.1. The molecule has 152 valence electrons. The number of carbonyl (C=O) groups is 2. The van der Waals surface area contributed by atoms with Crippen molar-refractivity contribution in [2.24, 2.45) is 5.10 Å². The summed E-state index contributed by atoms with van der Waals surface area (Å²) in [6.45, 7) is 0.464. The Labute approximate surface area is 172 Å². The van der Waals surface area contributed by atoms with Gasteiger partial charge in [-0.15, -0.1) is 0 Å². The van der Waals surface area contributed by atoms with Gasteiger partial charge in [-0.25, -0.2) is 9.82 Å². The van der Waals surface area contributed by atoms with Gasteiger partial charge < -0.3 is 4.90 Å². The Balaban J connectivity index is 1.33. The van der Waals surface area contributed by atoms with Crippen molar-refractivity contribution >= 4 is 18.0 Å². The van der Waals surface area contributed by atoms with Crippen molar-refractivity contribution in [3.05, 3.63) is 77.7 Å². The average molecular weight is 405 g/mol. The maximum Gasteiger partial charge on any atom is 0.259 e. The smallest absolute Gasteiger partial charge is 0.259 e. The molecule has 1 aliphatic heterocycles. The quantitative estimate of drug-likeness (QED) is 0.488. The van der Waals surface area contributed by atoms with Crippen molar-refractivity contribution in [3.63, 3.8) is 0 Å². The number of nitrogens with one attached hydrogen (secondary N) is 2. The van der Waals surface area contributed by atoms with Crippen molar-refractivity contribution in [2.75, 3.05) is 13.1 Å². The standard InChI is InChI=1S/C22H20FN5O2/c23-19-8-6-16(7-9-19)22-18(12-25-27-22)11-24-26-20(29)14-28-13-17(10-21(28)30)15-4-2-1-3-5-15/h1-9,11-12,17H,10,13-14H2,(H,25,27)(H,26,29)/b24-11+/t17-/m1/s1. The van der Waals surface area contributed by atoms with Gasteiger partial charge in [-0.2, -0.15) is 10.2 Å². The Hall–Kier alpha value is -3.81. The molecule has 0 spiro atoms. The lowest BCUT2D eigenvalue weighted by Crippen LogP contribution is -2.36. The minimum Gasteiger partial charge on any atom is -0.333 e. The average Bonchev–Trinajstić information content (AvgIpc) is 3.36. The van der Waals surface area contributed by atoms with Crippen LogP contribution in [0.1, 0.15) is 23.5 Å². The van der Waals surface area contributed by atoms with E-state index >= 15 is 0 Å². The molecule has 1 aliphatic rings. The van der Waals surface area contributed by atoms with Crippen molar-refractivity contribution in [2.45, 2.75) is 12.3 Å². The fourth-order valence-corrected chi connectivity index (χ4v) is 3.50. The van der Waals surface area contributed by atoms with Gasteiger partial charge >= 0.3 is 0 Å². The molecule has 2 amide bonds. The SMILES string of the molecule is O=C(CN1C[C@H](c2ccccc2)CC1=O)N/N=C/c1cn[nH]c1-c1ccc(F)cc1. The van der Waals surface area contributed by atoms with Crippen LogP contribution in [0.15, 0.2) is 65.9 Å². The summed E-state index contributed by atoms with van der Waals surface area (Å²) in [6, 6.07) is 15.8. The van der Waals surface area contributed by atoms with Gasteiger partial charge in [-0.1, -0.05) is 30.3 Å². The van der Waals surface area contributed by atoms with Crippen LogP contribution >= 0.6 is 0 Å². The maximum absolute atomic E-state index is 13.1. The fraction of sp³-hybridized carbons (Fsp3) is 0.182. The third kappa shape index (κ3) is 4.43. The Kier molecular flexibility index (Phi) is 5.65. The minimum atomic E-state index is -0.375. The summed E-state index contributed by atoms with van der Waals surface area (Å²) in [5.74, 6) is -0.650. The normalized spacial score (nSPS) is 16.4. The van der Waals surface area contributed by atoms with Crippen LogP contribution in [0, 0.1) is 5.82 Å². The molecule has 4 rings (SSSR count). The second-order valence-corrected chi connectivity index (χ2v) is 7.09. The van der Waals surface area contributed by atoms with E-state index in [1.165, 1.54) is 18.3 Å². The third-order valence-electron chi connectivity index (χ3n) is 5.01. The molecule has 0 bridgehead atoms. The van der Waals surface area contributed by atoms with Crippen molar-refractivity contribution in [3.8, 4) is 11.3 Å². The van der Waals surface area contributed by atoms with E-state index in [4.69, 9.17) is 0 Å². The van der Waals surface area contributed by atoms with Crippen LogP contribution in [0.4, 0.5) is 4.39 Å². The van der Waals surface area contributed by atoms with Crippen LogP contribution in [0.2, 0.25) is 0 Å². The summed E-state index contributed by atoms with van der Waals surface area (Å²) < 4.78 is 13.1. The summed E-state index contributed by atoms with van der Waals surface area (Å²) in [5, 5.41) is 10.8. The number of carbonyl (C=O) groups excluding carboxylic acids is 2. The molecular weight excluding hydrogens is 385 g/mol. The Morgan fingerprint density at radius 1 is 1.23 bits per heavy atom. The fourth-order valence-electron chi connectivity index (χ4n) is 3.50. The molecule has 1 aromatic heterocycles. The molecule has 2 aromatic carbocycles. The molecule has 2 N–H and O–H groups in total. The zero-order valence-corrected chi connectivity index (χ0v) is 16.1. The summed E-state index contributed by atoms with van der Waals surface area (Å²) in [7, 11) is 0. The summed E-state index contributed by atoms with van der Waals surface area (Å²) in [4.78, 5) is 26.0. The first-order valence-electron chi connectivity index (χ1n) is 9.54. The highest BCUT2D eigenvalue weighted by atomic mass is 19.1. The van der Waals surface area contributed by atoms with Crippen LogP contribution in [0.5, 0.6) is 0 Å². The van der Waals surface area contributed by atoms with Gasteiger partial charge in [0.15, 0.2) is 0 Å². The van der Waals surface area contributed by atoms with E-state index in [0.29, 0.717) is 24.2 Å². The predicted molar refractivity (Wildman–Crippen MR) is 110 cm³/mol. The molecule has 0 radical (unpaired) electrons. The number of hydrazone groups is 1. The Morgan fingerprint density at radius 3 is 2.77 bits per heavy atom. The van der Waals surface area contributed by atoms with E-state index in [0.717, 1.165) is 11.1 Å². The molecule has 30 heavy (non-hydrogen) atoms. The first-order valence-corrected chi connectivity index (χ1v) is 9.54. The molecule has 0 unspecified atom stereocenters. The van der Waals surface area contributed by atoms with E-state index in [9.17, 15) is 14.0 Å². The van der Waals surface area contributed by atoms with Gasteiger partial charge in [0.25, 0.3) is 5.91 Å². The second kappa shape index (κ2) is 8.69. The van der Waals surface area contributed by atoms with Gasteiger partial charge in [0.1, 0.15) is 12.4 Å². The van der Waals surface area contributed by atoms with Crippen molar-refractivity contribution in [1.29, 1.82) is 0 Å². The molecule has 8 heteroatoms. The number of rotatable bonds is 6. The molecule has 0 aliphatic carbocycles. The summed E-state index contributed by atoms with van der Waals surface area (Å²) in [6.07, 6.45) is 3.41. The molecule has 1 fully saturated rings. The lowest BCUT2D eigenvalue weighted by Gasteiger charge is -2.15. The number of hydrogen-bond donors (Lipinski definition) is 2. The van der Waals surface area contributed by atoms with E-state index in [1.54, 1.807) is 23.2 Å². The zero-order chi connectivity index (χ0) is 20.9. The number of aromatic nitrogens is 2. The second-order valence-electron chi connectivity index (χ2n) is 7.09. The van der Waals surface area contributed by atoms with Crippen molar-refractivity contribution < 1.29 is 14.0 Å². The Morgan fingerprint density at radius 2 is 2.00 bits per heavy atom. The van der Waals surface area contributed by atoms with Gasteiger partial charge in [0, 0.05) is 30.0 Å². The summed E-state index contributed by atoms with van der Waals surface area (Å²) in [5.41, 5.74) is 5.59. The van der Waals surface area contributed by atoms with E-state index in [1.807, 2.05) is 30.3 Å². The van der Waals surface area contributed by atoms with Gasteiger partial charge in [-0.3, -0.25) is 14.7 Å². The van der Waals surface area contributed by atoms with Crippen LogP contribution in [0.25, 0.3) is 11.3 Å². The number of likely N-dealkylation sites (tertiary alicyclic amines) is 1. The number of nitrogens with zero attached hydrogens (tertiary/aromatic N) is 3. The van der Waals surface area contributed by atoms with E-state index < -0.39 is 0 Å². The highest BCUT2D eigenvalue weighted by molar-refractivity contribution is 5.90. The lowest BCUT2D eigenvalue weighted by molar-refractivity contribution is -0.133. The molecule has 7 nitrogen and oxygen atoms in total. The third-order valence-corrected chi connectivity index (χ3v) is 5.01. The van der Waals surface area contributed by atoms with Crippen LogP contribution < -0.4 is 5.43 Å². The molecule has 0 saturated carbocycles. The van der Waals surface area contributed by atoms with E-state index in [2.05, 4.69) is 20.7 Å². The minimum absolute atomic E-state index is 0.0450. The highest BCUT2D eigenvalue weighted by Gasteiger charge is 2.31. The lowest BCUT2D eigenvalue weighted by atomic mass is 9.99. The number of hydrogen-bond acceptors (Lipinski definition) is 4. The van der Waals surface area contributed by atoms with Crippen LogP contribution in [-0.2, 0) is 9.59 Å². The summed E-state index contributed by atoms with van der Waals surface area (Å²) >= 11 is 0. The number of benzene rings is 2. The number of amides is 2. The number of aromatic amines is 1. The molecule has 2 heterocycles. The number of H-pyrrole nitrogens is 1. The Bertz CT molecular complexity index is 1060.